The second-order valence-corrected chi connectivity index (χ2v) is 13.4. The van der Waals surface area contributed by atoms with Gasteiger partial charge in [0.2, 0.25) is 11.8 Å². The average molecular weight is 716 g/mol. The highest BCUT2D eigenvalue weighted by Gasteiger charge is 2.29. The Morgan fingerprint density at radius 1 is 0.960 bits per heavy atom. The Labute approximate surface area is 298 Å². The summed E-state index contributed by atoms with van der Waals surface area (Å²) in [6.07, 6.45) is 1.90. The molecule has 7 rings (SSSR count). The van der Waals surface area contributed by atoms with E-state index in [2.05, 4.69) is 10.6 Å². The van der Waals surface area contributed by atoms with Crippen molar-refractivity contribution in [1.29, 1.82) is 0 Å². The molecular formula is C37H36Cl2N6O5. The number of nitrogens with one attached hydrogen (secondary N) is 2. The van der Waals surface area contributed by atoms with Crippen LogP contribution in [0, 0.1) is 0 Å². The van der Waals surface area contributed by atoms with Gasteiger partial charge in [0.05, 0.1) is 34.6 Å². The highest BCUT2D eigenvalue weighted by Crippen LogP contribution is 2.42. The van der Waals surface area contributed by atoms with Crippen LogP contribution in [0.15, 0.2) is 77.7 Å². The lowest BCUT2D eigenvalue weighted by atomic mass is 9.97. The van der Waals surface area contributed by atoms with Gasteiger partial charge in [-0.25, -0.2) is 9.97 Å². The van der Waals surface area contributed by atoms with E-state index in [1.54, 1.807) is 24.3 Å². The molecule has 2 aromatic carbocycles. The predicted molar refractivity (Wildman–Crippen MR) is 192 cm³/mol. The number of β-amino-alcohol motifs (C(OH)–C–C–N with tert-alkyl or cyclic N) is 1. The first-order valence-electron chi connectivity index (χ1n) is 16.4. The number of carbonyl (C=O) groups excluding carboxylic acids is 1. The van der Waals surface area contributed by atoms with E-state index in [-0.39, 0.29) is 30.5 Å². The van der Waals surface area contributed by atoms with Crippen LogP contribution in [-0.2, 0) is 17.9 Å². The fraction of sp³-hybridized carbons (Fsp3) is 0.297. The van der Waals surface area contributed by atoms with Gasteiger partial charge in [-0.2, -0.15) is 0 Å². The van der Waals surface area contributed by atoms with E-state index in [4.69, 9.17) is 37.9 Å². The zero-order chi connectivity index (χ0) is 34.9. The van der Waals surface area contributed by atoms with E-state index in [1.165, 1.54) is 10.5 Å². The molecule has 4 N–H and O–H groups in total. The van der Waals surface area contributed by atoms with Gasteiger partial charge >= 0.3 is 0 Å². The molecule has 50 heavy (non-hydrogen) atoms. The fourth-order valence-corrected chi connectivity index (χ4v) is 7.34. The Balaban J connectivity index is 1.16. The maximum absolute atomic E-state index is 12.9. The summed E-state index contributed by atoms with van der Waals surface area (Å²) in [6.45, 7) is 1.74. The predicted octanol–water partition coefficient (Wildman–Crippen LogP) is 4.66. The molecule has 11 nitrogen and oxygen atoms in total. The zero-order valence-corrected chi connectivity index (χ0v) is 28.8. The SMILES string of the molecule is COc1nc(-c2cccc(-c3cccc(-c4ccn5c(=O)cc(CN6C[C@@H](O)CC6O)nc5c4)c3Cl)c2Cl)ccc1CNC[C@@H]1CCC(=O)N1. The van der Waals surface area contributed by atoms with Crippen LogP contribution in [-0.4, -0.2) is 74.0 Å². The average Bonchev–Trinajstić information content (AvgIpc) is 3.67. The number of fused-ring (bicyclic) bond motifs is 1. The molecule has 0 aliphatic carbocycles. The number of rotatable bonds is 10. The number of amides is 1. The summed E-state index contributed by atoms with van der Waals surface area (Å²) in [5.74, 6) is 0.567. The number of hydrogen-bond acceptors (Lipinski definition) is 9. The van der Waals surface area contributed by atoms with Gasteiger partial charge in [0.15, 0.2) is 0 Å². The molecule has 2 aliphatic rings. The Hall–Kier alpha value is -4.36. The Kier molecular flexibility index (Phi) is 9.87. The van der Waals surface area contributed by atoms with Crippen LogP contribution >= 0.6 is 23.2 Å². The highest BCUT2D eigenvalue weighted by molar-refractivity contribution is 6.39. The summed E-state index contributed by atoms with van der Waals surface area (Å²) >= 11 is 14.2. The molecule has 1 amide bonds. The van der Waals surface area contributed by atoms with E-state index >= 15 is 0 Å². The van der Waals surface area contributed by atoms with Gasteiger partial charge in [-0.3, -0.25) is 18.9 Å². The molecule has 0 bridgehead atoms. The van der Waals surface area contributed by atoms with Gasteiger partial charge < -0.3 is 25.6 Å². The van der Waals surface area contributed by atoms with Gasteiger partial charge in [0.25, 0.3) is 5.56 Å². The minimum Gasteiger partial charge on any atom is -0.481 e. The summed E-state index contributed by atoms with van der Waals surface area (Å²) in [5, 5.41) is 27.5. The second-order valence-electron chi connectivity index (χ2n) is 12.7. The summed E-state index contributed by atoms with van der Waals surface area (Å²) < 4.78 is 7.09. The number of nitrogens with zero attached hydrogens (tertiary/aromatic N) is 4. The molecule has 3 atom stereocenters. The first kappa shape index (κ1) is 34.1. The molecule has 0 saturated carbocycles. The smallest absolute Gasteiger partial charge is 0.258 e. The van der Waals surface area contributed by atoms with E-state index in [1.807, 2.05) is 54.6 Å². The van der Waals surface area contributed by atoms with Crippen molar-refractivity contribution in [2.45, 2.75) is 50.7 Å². The topological polar surface area (TPSA) is 141 Å². The molecule has 258 valence electrons. The van der Waals surface area contributed by atoms with Crippen LogP contribution < -0.4 is 20.9 Å². The Morgan fingerprint density at radius 3 is 2.40 bits per heavy atom. The molecule has 2 saturated heterocycles. The van der Waals surface area contributed by atoms with Gasteiger partial charge in [0.1, 0.15) is 11.9 Å². The van der Waals surface area contributed by atoms with E-state index in [0.717, 1.165) is 39.8 Å². The highest BCUT2D eigenvalue weighted by atomic mass is 35.5. The minimum absolute atomic E-state index is 0.0874. The van der Waals surface area contributed by atoms with Gasteiger partial charge in [-0.15, -0.1) is 0 Å². The number of likely N-dealkylation sites (tertiary alicyclic amines) is 1. The van der Waals surface area contributed by atoms with E-state index in [9.17, 15) is 19.8 Å². The van der Waals surface area contributed by atoms with Crippen LogP contribution in [0.2, 0.25) is 10.0 Å². The fourth-order valence-electron chi connectivity index (χ4n) is 6.68. The molecule has 0 radical (unpaired) electrons. The molecule has 2 fully saturated rings. The van der Waals surface area contributed by atoms with Crippen LogP contribution in [0.4, 0.5) is 0 Å². The number of pyridine rings is 2. The number of hydrogen-bond donors (Lipinski definition) is 4. The first-order chi connectivity index (χ1) is 24.2. The van der Waals surface area contributed by atoms with Crippen LogP contribution in [0.1, 0.15) is 30.5 Å². The number of aliphatic hydroxyl groups excluding tert-OH is 2. The first-order valence-corrected chi connectivity index (χ1v) is 17.2. The van der Waals surface area contributed by atoms with Gasteiger partial charge in [-0.05, 0) is 30.2 Å². The lowest BCUT2D eigenvalue weighted by molar-refractivity contribution is -0.119. The molecule has 3 aromatic heterocycles. The Bertz CT molecular complexity index is 2140. The Morgan fingerprint density at radius 2 is 1.70 bits per heavy atom. The third kappa shape index (κ3) is 6.98. The van der Waals surface area contributed by atoms with Crippen LogP contribution in [0.5, 0.6) is 5.88 Å². The molecule has 2 aliphatic heterocycles. The number of aromatic nitrogens is 3. The van der Waals surface area contributed by atoms with Crippen molar-refractivity contribution in [3.8, 4) is 39.4 Å². The molecule has 5 heterocycles. The lowest BCUT2D eigenvalue weighted by Crippen LogP contribution is -2.35. The van der Waals surface area contributed by atoms with Crippen molar-refractivity contribution in [2.24, 2.45) is 0 Å². The zero-order valence-electron chi connectivity index (χ0n) is 27.3. The standard InChI is InChI=1S/C37H36Cl2N6O5/c1-50-37-22(17-40-18-23-9-11-32(47)42-23)8-10-30(43-37)29-7-3-6-28(36(29)39)27-5-2-4-26(35(27)38)21-12-13-45-31(14-21)41-24(15-34(45)49)19-44-20-25(46)16-33(44)48/h2-8,10,12-15,23,25,33,40,46,48H,9,11,16-20H2,1H3,(H,42,47)/t23-,25-,33?/m0/s1. The van der Waals surface area contributed by atoms with E-state index < -0.39 is 12.3 Å². The van der Waals surface area contributed by atoms with Crippen LogP contribution in [0.25, 0.3) is 39.2 Å². The molecule has 5 aromatic rings. The number of methoxy groups -OCH3 is 1. The molecule has 13 heteroatoms. The maximum Gasteiger partial charge on any atom is 0.258 e. The minimum atomic E-state index is -0.790. The summed E-state index contributed by atoms with van der Waals surface area (Å²) in [5.41, 5.74) is 5.88. The van der Waals surface area contributed by atoms with Crippen molar-refractivity contribution in [3.63, 3.8) is 0 Å². The number of carbonyl (C=O) groups is 1. The van der Waals surface area contributed by atoms with Crippen molar-refractivity contribution in [2.75, 3.05) is 20.2 Å². The van der Waals surface area contributed by atoms with E-state index in [0.29, 0.717) is 59.0 Å². The summed E-state index contributed by atoms with van der Waals surface area (Å²) in [4.78, 5) is 35.6. The van der Waals surface area contributed by atoms with Gasteiger partial charge in [-0.1, -0.05) is 65.7 Å². The van der Waals surface area contributed by atoms with Crippen molar-refractivity contribution >= 4 is 34.8 Å². The molecule has 1 unspecified atom stereocenters. The lowest BCUT2D eigenvalue weighted by Gasteiger charge is -2.19. The molecule has 0 spiro atoms. The van der Waals surface area contributed by atoms with Crippen LogP contribution in [0.3, 0.4) is 0 Å². The third-order valence-corrected chi connectivity index (χ3v) is 10.0. The monoisotopic (exact) mass is 714 g/mol. The largest absolute Gasteiger partial charge is 0.481 e. The van der Waals surface area contributed by atoms with Crippen molar-refractivity contribution in [1.82, 2.24) is 29.9 Å². The molecular weight excluding hydrogens is 679 g/mol. The summed E-state index contributed by atoms with van der Waals surface area (Å²) in [6, 6.07) is 20.5. The van der Waals surface area contributed by atoms with Crippen molar-refractivity contribution < 1.29 is 19.7 Å². The number of aliphatic hydroxyl groups is 2. The number of ether oxygens (including phenoxy) is 1. The maximum atomic E-state index is 12.9. The number of halogens is 2. The third-order valence-electron chi connectivity index (χ3n) is 9.23. The quantitative estimate of drug-likeness (QED) is 0.163. The van der Waals surface area contributed by atoms with Gasteiger partial charge in [0, 0.05) is 85.1 Å². The summed E-state index contributed by atoms with van der Waals surface area (Å²) in [7, 11) is 1.58. The van der Waals surface area contributed by atoms with Crippen molar-refractivity contribution in [3.05, 3.63) is 105 Å². The normalized spacial score (nSPS) is 19.3. The second kappa shape index (κ2) is 14.5. The number of benzene rings is 2.